The van der Waals surface area contributed by atoms with Crippen molar-refractivity contribution in [3.05, 3.63) is 0 Å². The summed E-state index contributed by atoms with van der Waals surface area (Å²) in [5.74, 6) is -0.458. The van der Waals surface area contributed by atoms with Crippen LogP contribution >= 0.6 is 7.82 Å². The highest BCUT2D eigenvalue weighted by atomic mass is 31.2. The number of ether oxygens (including phenoxy) is 1. The van der Waals surface area contributed by atoms with Crippen LogP contribution in [0, 0.1) is 5.92 Å². The van der Waals surface area contributed by atoms with E-state index in [-0.39, 0.29) is 31.7 Å². The van der Waals surface area contributed by atoms with Gasteiger partial charge in [0.2, 0.25) is 0 Å². The van der Waals surface area contributed by atoms with Crippen LogP contribution in [-0.2, 0) is 23.1 Å². The Hall–Kier alpha value is -0.460. The van der Waals surface area contributed by atoms with Gasteiger partial charge in [0.1, 0.15) is 0 Å². The smallest absolute Gasteiger partial charge is 0.465 e. The van der Waals surface area contributed by atoms with Crippen molar-refractivity contribution >= 4 is 13.8 Å². The van der Waals surface area contributed by atoms with Crippen LogP contribution < -0.4 is 0 Å². The molecule has 2 atom stereocenters. The van der Waals surface area contributed by atoms with E-state index in [4.69, 9.17) is 13.8 Å². The van der Waals surface area contributed by atoms with Gasteiger partial charge in [0, 0.05) is 19.4 Å². The first-order valence-corrected chi connectivity index (χ1v) is 15.7. The number of phosphoric ester groups is 1. The van der Waals surface area contributed by atoms with Crippen molar-refractivity contribution in [2.45, 2.75) is 123 Å². The van der Waals surface area contributed by atoms with Crippen LogP contribution in [0.2, 0.25) is 0 Å². The fraction of sp³-hybridized carbons (Fsp3) is 0.963. The molecule has 0 saturated carbocycles. The number of hydrogen-bond donors (Lipinski definition) is 1. The molecule has 0 fully saturated rings. The van der Waals surface area contributed by atoms with E-state index in [1.807, 2.05) is 19.0 Å². The summed E-state index contributed by atoms with van der Waals surface area (Å²) in [4.78, 5) is 22.9. The van der Waals surface area contributed by atoms with Crippen LogP contribution in [0.25, 0.3) is 0 Å². The van der Waals surface area contributed by atoms with E-state index >= 15 is 0 Å². The van der Waals surface area contributed by atoms with Gasteiger partial charge in [-0.15, -0.1) is 0 Å². The van der Waals surface area contributed by atoms with Crippen LogP contribution in [0.4, 0.5) is 0 Å². The summed E-state index contributed by atoms with van der Waals surface area (Å²) in [6, 6.07) is 0. The summed E-state index contributed by atoms with van der Waals surface area (Å²) in [6.45, 7) is 4.53. The van der Waals surface area contributed by atoms with Crippen molar-refractivity contribution in [1.82, 2.24) is 4.90 Å². The summed E-state index contributed by atoms with van der Waals surface area (Å²) >= 11 is 0. The van der Waals surface area contributed by atoms with E-state index < -0.39 is 7.82 Å². The summed E-state index contributed by atoms with van der Waals surface area (Å²) in [7, 11) is -0.372. The van der Waals surface area contributed by atoms with Crippen molar-refractivity contribution in [3.63, 3.8) is 0 Å². The van der Waals surface area contributed by atoms with Crippen LogP contribution in [0.3, 0.4) is 0 Å². The molecule has 8 heteroatoms. The molecule has 0 saturated heterocycles. The maximum Gasteiger partial charge on any atom is 0.472 e. The van der Waals surface area contributed by atoms with Gasteiger partial charge < -0.3 is 14.5 Å². The van der Waals surface area contributed by atoms with Gasteiger partial charge in [0.15, 0.2) is 0 Å². The first kappa shape index (κ1) is 34.5. The number of esters is 1. The SMILES string of the molecule is CCCCCCCCCCCCCCCCCCC(COC(C)=O)COP(=O)(O)OCCN(C)C. The second-order valence-electron chi connectivity index (χ2n) is 10.2. The molecule has 0 bridgehead atoms. The molecule has 0 aliphatic rings. The lowest BCUT2D eigenvalue weighted by Crippen LogP contribution is -2.19. The van der Waals surface area contributed by atoms with Gasteiger partial charge in [0.05, 0.1) is 19.8 Å². The molecule has 0 rings (SSSR count). The number of hydrogen-bond acceptors (Lipinski definition) is 6. The zero-order valence-corrected chi connectivity index (χ0v) is 24.2. The quantitative estimate of drug-likeness (QED) is 0.0716. The third-order valence-corrected chi connectivity index (χ3v) is 7.24. The number of unbranched alkanes of at least 4 members (excludes halogenated alkanes) is 15. The van der Waals surface area contributed by atoms with Crippen molar-refractivity contribution in [2.24, 2.45) is 5.92 Å². The fourth-order valence-corrected chi connectivity index (χ4v) is 4.79. The molecule has 0 aromatic rings. The Morgan fingerprint density at radius 3 is 1.66 bits per heavy atom. The lowest BCUT2D eigenvalue weighted by molar-refractivity contribution is -0.142. The van der Waals surface area contributed by atoms with Crippen LogP contribution in [-0.4, -0.2) is 56.2 Å². The number of carbonyl (C=O) groups is 1. The normalized spacial score (nSPS) is 14.2. The Balaban J connectivity index is 3.79. The molecule has 0 amide bonds. The van der Waals surface area contributed by atoms with Gasteiger partial charge >= 0.3 is 13.8 Å². The molecule has 0 aliphatic carbocycles. The average Bonchev–Trinajstić information content (AvgIpc) is 2.79. The topological polar surface area (TPSA) is 85.3 Å². The number of carbonyl (C=O) groups excluding carboxylic acids is 1. The zero-order chi connectivity index (χ0) is 26.2. The summed E-state index contributed by atoms with van der Waals surface area (Å²) in [5, 5.41) is 0. The van der Waals surface area contributed by atoms with Crippen molar-refractivity contribution < 1.29 is 28.0 Å². The van der Waals surface area contributed by atoms with E-state index in [0.717, 1.165) is 19.3 Å². The minimum Gasteiger partial charge on any atom is -0.465 e. The van der Waals surface area contributed by atoms with Crippen LogP contribution in [0.15, 0.2) is 0 Å². The Bertz CT molecular complexity index is 532. The molecule has 0 aromatic heterocycles. The maximum absolute atomic E-state index is 12.0. The van der Waals surface area contributed by atoms with Gasteiger partial charge in [0.25, 0.3) is 0 Å². The molecule has 0 aliphatic heterocycles. The minimum atomic E-state index is -4.09. The first-order chi connectivity index (χ1) is 16.8. The lowest BCUT2D eigenvalue weighted by Gasteiger charge is -2.19. The largest absolute Gasteiger partial charge is 0.472 e. The maximum atomic E-state index is 12.0. The van der Waals surface area contributed by atoms with Crippen molar-refractivity contribution in [3.8, 4) is 0 Å². The van der Waals surface area contributed by atoms with Gasteiger partial charge in [-0.2, -0.15) is 0 Å². The highest BCUT2D eigenvalue weighted by Crippen LogP contribution is 2.43. The molecule has 1 N–H and O–H groups in total. The molecular weight excluding hydrogens is 465 g/mol. The van der Waals surface area contributed by atoms with E-state index in [1.54, 1.807) is 0 Å². The Morgan fingerprint density at radius 2 is 1.23 bits per heavy atom. The monoisotopic (exact) mass is 521 g/mol. The van der Waals surface area contributed by atoms with Gasteiger partial charge in [-0.1, -0.05) is 110 Å². The van der Waals surface area contributed by atoms with Crippen molar-refractivity contribution in [2.75, 3.05) is 40.5 Å². The summed E-state index contributed by atoms with van der Waals surface area (Å²) in [6.07, 6.45) is 21.9. The molecule has 2 unspecified atom stereocenters. The minimum absolute atomic E-state index is 0.0434. The third-order valence-electron chi connectivity index (χ3n) is 6.25. The van der Waals surface area contributed by atoms with E-state index in [1.165, 1.54) is 96.8 Å². The summed E-state index contributed by atoms with van der Waals surface area (Å²) in [5.41, 5.74) is 0. The molecule has 0 radical (unpaired) electrons. The fourth-order valence-electron chi connectivity index (χ4n) is 4.01. The highest BCUT2D eigenvalue weighted by molar-refractivity contribution is 7.47. The van der Waals surface area contributed by atoms with E-state index in [9.17, 15) is 14.3 Å². The average molecular weight is 522 g/mol. The number of phosphoric acid groups is 1. The number of likely N-dealkylation sites (N-methyl/N-ethyl adjacent to an activating group) is 1. The second kappa shape index (κ2) is 23.9. The predicted molar refractivity (Wildman–Crippen MR) is 145 cm³/mol. The second-order valence-corrected chi connectivity index (χ2v) is 11.6. The van der Waals surface area contributed by atoms with Crippen LogP contribution in [0.5, 0.6) is 0 Å². The Labute approximate surface area is 216 Å². The molecule has 35 heavy (non-hydrogen) atoms. The molecule has 210 valence electrons. The molecule has 0 heterocycles. The van der Waals surface area contributed by atoms with Crippen molar-refractivity contribution in [1.29, 1.82) is 0 Å². The van der Waals surface area contributed by atoms with E-state index in [0.29, 0.717) is 6.54 Å². The standard InChI is InChI=1S/C27H56NO6P/c1-5-6-7-8-9-10-11-12-13-14-15-16-17-18-19-20-21-27(24-32-26(2)29)25-34-35(30,31)33-23-22-28(3)4/h27H,5-25H2,1-4H3,(H,30,31). The third kappa shape index (κ3) is 26.4. The lowest BCUT2D eigenvalue weighted by atomic mass is 10.0. The van der Waals surface area contributed by atoms with E-state index in [2.05, 4.69) is 6.92 Å². The summed E-state index contributed by atoms with van der Waals surface area (Å²) < 4.78 is 27.3. The Morgan fingerprint density at radius 1 is 0.771 bits per heavy atom. The number of rotatable bonds is 26. The molecule has 0 aromatic carbocycles. The predicted octanol–water partition coefficient (Wildman–Crippen LogP) is 7.51. The number of nitrogens with zero attached hydrogens (tertiary/aromatic N) is 1. The van der Waals surface area contributed by atoms with Gasteiger partial charge in [-0.3, -0.25) is 13.8 Å². The molecular formula is C27H56NO6P. The molecule has 7 nitrogen and oxygen atoms in total. The molecule has 0 spiro atoms. The zero-order valence-electron chi connectivity index (χ0n) is 23.3. The van der Waals surface area contributed by atoms with Gasteiger partial charge in [-0.05, 0) is 20.5 Å². The Kier molecular flexibility index (Phi) is 23.6. The van der Waals surface area contributed by atoms with Crippen LogP contribution in [0.1, 0.15) is 123 Å². The first-order valence-electron chi connectivity index (χ1n) is 14.2. The van der Waals surface area contributed by atoms with Gasteiger partial charge in [-0.25, -0.2) is 4.57 Å². The highest BCUT2D eigenvalue weighted by Gasteiger charge is 2.23.